The largest absolute Gasteiger partial charge is 0.423 e. The Morgan fingerprint density at radius 1 is 1.06 bits per heavy atom. The molecule has 0 spiro atoms. The molecule has 0 saturated carbocycles. The molecule has 3 heteroatoms. The molecular formula is C15H13FO2. The smallest absolute Gasteiger partial charge is 0.346 e. The molecule has 0 heterocycles. The van der Waals surface area contributed by atoms with Crippen molar-refractivity contribution in [3.63, 3.8) is 0 Å². The van der Waals surface area contributed by atoms with Crippen LogP contribution in [0.5, 0.6) is 5.75 Å². The lowest BCUT2D eigenvalue weighted by Gasteiger charge is -2.07. The summed E-state index contributed by atoms with van der Waals surface area (Å²) in [5, 5.41) is 0. The van der Waals surface area contributed by atoms with Crippen molar-refractivity contribution in [2.45, 2.75) is 13.8 Å². The van der Waals surface area contributed by atoms with Gasteiger partial charge in [-0.15, -0.1) is 0 Å². The Balaban J connectivity index is 2.24. The minimum atomic E-state index is -0.682. The summed E-state index contributed by atoms with van der Waals surface area (Å²) in [6.07, 6.45) is 0. The number of rotatable bonds is 2. The number of carbonyl (C=O) groups is 1. The van der Waals surface area contributed by atoms with Crippen LogP contribution in [-0.2, 0) is 0 Å². The van der Waals surface area contributed by atoms with Crippen molar-refractivity contribution in [2.75, 3.05) is 0 Å². The van der Waals surface area contributed by atoms with Crippen LogP contribution < -0.4 is 4.74 Å². The topological polar surface area (TPSA) is 26.3 Å². The second-order valence-electron chi connectivity index (χ2n) is 4.19. The fourth-order valence-electron chi connectivity index (χ4n) is 1.78. The molecule has 0 atom stereocenters. The van der Waals surface area contributed by atoms with Gasteiger partial charge in [-0.05, 0) is 49.2 Å². The van der Waals surface area contributed by atoms with Gasteiger partial charge in [0.2, 0.25) is 0 Å². The van der Waals surface area contributed by atoms with E-state index in [9.17, 15) is 9.18 Å². The zero-order valence-electron chi connectivity index (χ0n) is 10.2. The number of hydrogen-bond acceptors (Lipinski definition) is 2. The van der Waals surface area contributed by atoms with Gasteiger partial charge in [-0.1, -0.05) is 18.2 Å². The highest BCUT2D eigenvalue weighted by atomic mass is 19.1. The van der Waals surface area contributed by atoms with Crippen LogP contribution in [0.25, 0.3) is 0 Å². The average molecular weight is 244 g/mol. The highest BCUT2D eigenvalue weighted by molar-refractivity contribution is 5.91. The number of benzene rings is 2. The zero-order valence-corrected chi connectivity index (χ0v) is 10.2. The van der Waals surface area contributed by atoms with Crippen LogP contribution in [0.1, 0.15) is 21.5 Å². The fraction of sp³-hybridized carbons (Fsp3) is 0.133. The van der Waals surface area contributed by atoms with Crippen molar-refractivity contribution < 1.29 is 13.9 Å². The van der Waals surface area contributed by atoms with Crippen molar-refractivity contribution in [1.82, 2.24) is 0 Å². The summed E-state index contributed by atoms with van der Waals surface area (Å²) in [6.45, 7) is 3.82. The molecule has 0 unspecified atom stereocenters. The molecule has 0 saturated heterocycles. The standard InChI is InChI=1S/C15H13FO2/c1-10-7-11(2)9-12(8-10)18-15(17)13-5-3-4-6-14(13)16/h3-9H,1-2H3. The predicted octanol–water partition coefficient (Wildman–Crippen LogP) is 3.66. The number of aryl methyl sites for hydroxylation is 2. The van der Waals surface area contributed by atoms with Gasteiger partial charge in [0, 0.05) is 0 Å². The van der Waals surface area contributed by atoms with Crippen LogP contribution in [0.2, 0.25) is 0 Å². The van der Waals surface area contributed by atoms with Gasteiger partial charge < -0.3 is 4.74 Å². The third kappa shape index (κ3) is 2.74. The molecule has 0 aliphatic heterocycles. The van der Waals surface area contributed by atoms with Crippen molar-refractivity contribution in [3.8, 4) is 5.75 Å². The molecule has 18 heavy (non-hydrogen) atoms. The van der Waals surface area contributed by atoms with Crippen molar-refractivity contribution in [2.24, 2.45) is 0 Å². The first-order chi connectivity index (χ1) is 8.56. The van der Waals surface area contributed by atoms with Crippen LogP contribution in [0.4, 0.5) is 4.39 Å². The lowest BCUT2D eigenvalue weighted by Crippen LogP contribution is -2.10. The maximum absolute atomic E-state index is 13.4. The molecule has 0 aromatic heterocycles. The van der Waals surface area contributed by atoms with E-state index in [4.69, 9.17) is 4.74 Å². The second-order valence-corrected chi connectivity index (χ2v) is 4.19. The monoisotopic (exact) mass is 244 g/mol. The molecule has 2 aromatic carbocycles. The van der Waals surface area contributed by atoms with Crippen LogP contribution in [0.3, 0.4) is 0 Å². The zero-order chi connectivity index (χ0) is 13.1. The normalized spacial score (nSPS) is 10.2. The Hall–Kier alpha value is -2.16. The predicted molar refractivity (Wildman–Crippen MR) is 67.3 cm³/mol. The maximum atomic E-state index is 13.4. The third-order valence-corrected chi connectivity index (χ3v) is 2.50. The molecule has 0 aliphatic rings. The van der Waals surface area contributed by atoms with Crippen LogP contribution in [0.15, 0.2) is 42.5 Å². The van der Waals surface area contributed by atoms with E-state index in [1.54, 1.807) is 18.2 Å². The SMILES string of the molecule is Cc1cc(C)cc(OC(=O)c2ccccc2F)c1. The van der Waals surface area contributed by atoms with E-state index in [1.807, 2.05) is 19.9 Å². The Labute approximate surface area is 105 Å². The summed E-state index contributed by atoms with van der Waals surface area (Å²) in [5.74, 6) is -0.828. The van der Waals surface area contributed by atoms with Gasteiger partial charge in [0.25, 0.3) is 0 Å². The van der Waals surface area contributed by atoms with Gasteiger partial charge in [-0.25, -0.2) is 9.18 Å². The summed E-state index contributed by atoms with van der Waals surface area (Å²) >= 11 is 0. The molecule has 0 amide bonds. The van der Waals surface area contributed by atoms with Crippen molar-refractivity contribution in [3.05, 3.63) is 65.0 Å². The summed E-state index contributed by atoms with van der Waals surface area (Å²) in [6, 6.07) is 11.2. The first kappa shape index (κ1) is 12.3. The van der Waals surface area contributed by atoms with E-state index < -0.39 is 11.8 Å². The number of esters is 1. The molecule has 2 rings (SSSR count). The Kier molecular flexibility index (Phi) is 3.42. The molecule has 0 N–H and O–H groups in total. The Morgan fingerprint density at radius 2 is 1.67 bits per heavy atom. The van der Waals surface area contributed by atoms with Gasteiger partial charge >= 0.3 is 5.97 Å². The van der Waals surface area contributed by atoms with E-state index in [2.05, 4.69) is 0 Å². The van der Waals surface area contributed by atoms with Crippen LogP contribution in [0, 0.1) is 19.7 Å². The summed E-state index contributed by atoms with van der Waals surface area (Å²) < 4.78 is 18.6. The molecular weight excluding hydrogens is 231 g/mol. The number of halogens is 1. The molecule has 0 aliphatic carbocycles. The highest BCUT2D eigenvalue weighted by Gasteiger charge is 2.13. The molecule has 0 bridgehead atoms. The van der Waals surface area contributed by atoms with Crippen molar-refractivity contribution >= 4 is 5.97 Å². The van der Waals surface area contributed by atoms with Crippen LogP contribution >= 0.6 is 0 Å². The van der Waals surface area contributed by atoms with Gasteiger partial charge in [-0.2, -0.15) is 0 Å². The Morgan fingerprint density at radius 3 is 2.28 bits per heavy atom. The first-order valence-corrected chi connectivity index (χ1v) is 5.61. The van der Waals surface area contributed by atoms with Gasteiger partial charge in [0.05, 0.1) is 5.56 Å². The Bertz CT molecular complexity index is 571. The molecule has 92 valence electrons. The van der Waals surface area contributed by atoms with Crippen LogP contribution in [-0.4, -0.2) is 5.97 Å². The van der Waals surface area contributed by atoms with Gasteiger partial charge in [0.1, 0.15) is 11.6 Å². The average Bonchev–Trinajstić information content (AvgIpc) is 2.27. The lowest BCUT2D eigenvalue weighted by atomic mass is 10.1. The van der Waals surface area contributed by atoms with E-state index in [0.717, 1.165) is 11.1 Å². The third-order valence-electron chi connectivity index (χ3n) is 2.50. The molecule has 2 nitrogen and oxygen atoms in total. The van der Waals surface area contributed by atoms with Gasteiger partial charge in [0.15, 0.2) is 0 Å². The van der Waals surface area contributed by atoms with Gasteiger partial charge in [-0.3, -0.25) is 0 Å². The van der Waals surface area contributed by atoms with E-state index in [0.29, 0.717) is 5.75 Å². The summed E-state index contributed by atoms with van der Waals surface area (Å²) in [5.41, 5.74) is 1.93. The lowest BCUT2D eigenvalue weighted by molar-refractivity contribution is 0.0730. The van der Waals surface area contributed by atoms with E-state index in [-0.39, 0.29) is 5.56 Å². The number of carbonyl (C=O) groups excluding carboxylic acids is 1. The molecule has 2 aromatic rings. The molecule has 0 radical (unpaired) electrons. The second kappa shape index (κ2) is 5.00. The minimum Gasteiger partial charge on any atom is -0.423 e. The highest BCUT2D eigenvalue weighted by Crippen LogP contribution is 2.18. The van der Waals surface area contributed by atoms with Crippen molar-refractivity contribution in [1.29, 1.82) is 0 Å². The fourth-order valence-corrected chi connectivity index (χ4v) is 1.78. The van der Waals surface area contributed by atoms with E-state index in [1.165, 1.54) is 18.2 Å². The minimum absolute atomic E-state index is 0.0586. The number of ether oxygens (including phenoxy) is 1. The first-order valence-electron chi connectivity index (χ1n) is 5.61. The summed E-state index contributed by atoms with van der Waals surface area (Å²) in [4.78, 5) is 11.8. The maximum Gasteiger partial charge on any atom is 0.346 e. The molecule has 0 fully saturated rings. The van der Waals surface area contributed by atoms with E-state index >= 15 is 0 Å². The quantitative estimate of drug-likeness (QED) is 0.595. The summed E-state index contributed by atoms with van der Waals surface area (Å²) in [7, 11) is 0. The number of hydrogen-bond donors (Lipinski definition) is 0.